The first-order valence-electron chi connectivity index (χ1n) is 11.7. The molecule has 2 aromatic carbocycles. The van der Waals surface area contributed by atoms with Gasteiger partial charge in [0.05, 0.1) is 5.41 Å². The quantitative estimate of drug-likeness (QED) is 0.666. The number of hydrogen-bond acceptors (Lipinski definition) is 4. The van der Waals surface area contributed by atoms with E-state index in [0.717, 1.165) is 22.3 Å². The molecule has 7 heteroatoms. The van der Waals surface area contributed by atoms with E-state index in [2.05, 4.69) is 29.6 Å². The Morgan fingerprint density at radius 1 is 1.09 bits per heavy atom. The van der Waals surface area contributed by atoms with E-state index in [1.807, 2.05) is 31.2 Å². The maximum atomic E-state index is 12.9. The number of nitrogens with zero attached hydrogens (tertiary/aromatic N) is 1. The van der Waals surface area contributed by atoms with E-state index in [1.165, 1.54) is 0 Å². The molecule has 1 fully saturated rings. The first-order valence-corrected chi connectivity index (χ1v) is 11.7. The highest BCUT2D eigenvalue weighted by Crippen LogP contribution is 2.44. The molecule has 1 aliphatic carbocycles. The zero-order chi connectivity index (χ0) is 24.7. The number of nitrogens with one attached hydrogen (secondary N) is 1. The van der Waals surface area contributed by atoms with Gasteiger partial charge in [0.25, 0.3) is 0 Å². The summed E-state index contributed by atoms with van der Waals surface area (Å²) in [5, 5.41) is 12.4. The van der Waals surface area contributed by atoms with E-state index in [-0.39, 0.29) is 37.3 Å². The van der Waals surface area contributed by atoms with Crippen molar-refractivity contribution in [2.45, 2.75) is 45.6 Å². The predicted octanol–water partition coefficient (Wildman–Crippen LogP) is 4.26. The second-order valence-electron chi connectivity index (χ2n) is 10.4. The third kappa shape index (κ3) is 4.39. The lowest BCUT2D eigenvalue weighted by atomic mass is 9.81. The van der Waals surface area contributed by atoms with Crippen LogP contribution in [0.4, 0.5) is 4.79 Å². The van der Waals surface area contributed by atoms with Gasteiger partial charge in [-0.25, -0.2) is 4.79 Å². The van der Waals surface area contributed by atoms with Crippen LogP contribution in [0.2, 0.25) is 0 Å². The Labute approximate surface area is 200 Å². The number of ether oxygens (including phenoxy) is 1. The Morgan fingerprint density at radius 3 is 2.18 bits per heavy atom. The molecule has 0 bridgehead atoms. The highest BCUT2D eigenvalue weighted by atomic mass is 16.5. The number of carboxylic acids is 1. The molecule has 2 aliphatic rings. The fourth-order valence-electron chi connectivity index (χ4n) is 5.06. The molecule has 180 valence electrons. The molecule has 1 heterocycles. The summed E-state index contributed by atoms with van der Waals surface area (Å²) < 4.78 is 5.61. The Hall–Kier alpha value is -3.35. The van der Waals surface area contributed by atoms with Gasteiger partial charge in [0, 0.05) is 31.0 Å². The number of likely N-dealkylation sites (tertiary alicyclic amines) is 1. The number of benzene rings is 2. The average molecular weight is 465 g/mol. The maximum Gasteiger partial charge on any atom is 0.407 e. The monoisotopic (exact) mass is 464 g/mol. The lowest BCUT2D eigenvalue weighted by molar-refractivity contribution is -0.149. The minimum atomic E-state index is -0.958. The molecular weight excluding hydrogens is 432 g/mol. The molecule has 2 amide bonds. The Balaban J connectivity index is 1.35. The third-order valence-corrected chi connectivity index (χ3v) is 7.32. The van der Waals surface area contributed by atoms with Crippen molar-refractivity contribution in [2.75, 3.05) is 19.7 Å². The second kappa shape index (κ2) is 8.78. The van der Waals surface area contributed by atoms with Crippen molar-refractivity contribution in [1.82, 2.24) is 10.2 Å². The third-order valence-electron chi connectivity index (χ3n) is 7.32. The molecule has 2 atom stereocenters. The molecule has 2 N–H and O–H groups in total. The fourth-order valence-corrected chi connectivity index (χ4v) is 5.06. The number of fused-ring (bicyclic) bond motifs is 3. The molecule has 1 saturated heterocycles. The van der Waals surface area contributed by atoms with Gasteiger partial charge in [-0.1, -0.05) is 55.5 Å². The summed E-state index contributed by atoms with van der Waals surface area (Å²) in [5.74, 6) is -1.26. The SMILES string of the molecule is C[C@H]1CN(C(=O)CC(C)(C)NC(=O)OCC2c3ccccc3-c3ccccc32)C[C@]1(C)C(=O)O. The molecule has 0 saturated carbocycles. The number of aliphatic carboxylic acids is 1. The van der Waals surface area contributed by atoms with Gasteiger partial charge >= 0.3 is 12.1 Å². The van der Waals surface area contributed by atoms with Crippen LogP contribution in [0.25, 0.3) is 11.1 Å². The summed E-state index contributed by atoms with van der Waals surface area (Å²) in [6, 6.07) is 16.3. The number of hydrogen-bond donors (Lipinski definition) is 2. The molecule has 0 unspecified atom stereocenters. The van der Waals surface area contributed by atoms with Crippen LogP contribution in [0, 0.1) is 11.3 Å². The molecule has 7 nitrogen and oxygen atoms in total. The molecule has 0 radical (unpaired) electrons. The topological polar surface area (TPSA) is 95.9 Å². The van der Waals surface area contributed by atoms with Crippen LogP contribution >= 0.6 is 0 Å². The standard InChI is InChI=1S/C27H32N2O5/c1-17-14-29(16-27(17,4)24(31)32)23(30)13-26(2,3)28-25(33)34-15-22-20-11-7-5-9-18(20)19-10-6-8-12-21(19)22/h5-12,17,22H,13-16H2,1-4H3,(H,28,33)(H,31,32)/t17-,27-/m0/s1. The lowest BCUT2D eigenvalue weighted by Crippen LogP contribution is -2.48. The van der Waals surface area contributed by atoms with Crippen LogP contribution in [-0.4, -0.2) is 53.2 Å². The molecule has 1 aliphatic heterocycles. The number of rotatable bonds is 6. The highest BCUT2D eigenvalue weighted by molar-refractivity contribution is 5.82. The molecule has 34 heavy (non-hydrogen) atoms. The van der Waals surface area contributed by atoms with Gasteiger partial charge < -0.3 is 20.1 Å². The minimum Gasteiger partial charge on any atom is -0.481 e. The summed E-state index contributed by atoms with van der Waals surface area (Å²) in [5.41, 5.74) is 2.79. The Morgan fingerprint density at radius 2 is 1.65 bits per heavy atom. The molecule has 0 spiro atoms. The maximum absolute atomic E-state index is 12.9. The van der Waals surface area contributed by atoms with Crippen molar-refractivity contribution in [2.24, 2.45) is 11.3 Å². The van der Waals surface area contributed by atoms with Gasteiger partial charge in [-0.15, -0.1) is 0 Å². The van der Waals surface area contributed by atoms with E-state index >= 15 is 0 Å². The van der Waals surface area contributed by atoms with Crippen LogP contribution in [0.5, 0.6) is 0 Å². The van der Waals surface area contributed by atoms with Crippen molar-refractivity contribution in [1.29, 1.82) is 0 Å². The number of carboxylic acid groups (broad SMARTS) is 1. The summed E-state index contributed by atoms with van der Waals surface area (Å²) in [6.07, 6.45) is -0.524. The van der Waals surface area contributed by atoms with Crippen molar-refractivity contribution in [3.63, 3.8) is 0 Å². The number of carbonyl (C=O) groups excluding carboxylic acids is 2. The van der Waals surface area contributed by atoms with Gasteiger partial charge in [0.15, 0.2) is 0 Å². The van der Waals surface area contributed by atoms with Crippen molar-refractivity contribution in [3.05, 3.63) is 59.7 Å². The zero-order valence-electron chi connectivity index (χ0n) is 20.1. The minimum absolute atomic E-state index is 0.0392. The predicted molar refractivity (Wildman–Crippen MR) is 128 cm³/mol. The van der Waals surface area contributed by atoms with E-state index in [0.29, 0.717) is 6.54 Å². The molecule has 4 rings (SSSR count). The van der Waals surface area contributed by atoms with E-state index in [1.54, 1.807) is 25.7 Å². The van der Waals surface area contributed by atoms with E-state index in [4.69, 9.17) is 4.74 Å². The fraction of sp³-hybridized carbons (Fsp3) is 0.444. The number of amides is 2. The van der Waals surface area contributed by atoms with Crippen LogP contribution in [0.3, 0.4) is 0 Å². The number of alkyl carbamates (subject to hydrolysis) is 1. The van der Waals surface area contributed by atoms with Crippen LogP contribution in [0.1, 0.15) is 51.2 Å². The Bertz CT molecular complexity index is 1080. The van der Waals surface area contributed by atoms with Crippen molar-refractivity contribution in [3.8, 4) is 11.1 Å². The van der Waals surface area contributed by atoms with Gasteiger partial charge in [-0.05, 0) is 48.9 Å². The summed E-state index contributed by atoms with van der Waals surface area (Å²) >= 11 is 0. The normalized spacial score (nSPS) is 21.6. The van der Waals surface area contributed by atoms with Crippen LogP contribution in [0.15, 0.2) is 48.5 Å². The molecule has 0 aromatic heterocycles. The lowest BCUT2D eigenvalue weighted by Gasteiger charge is -2.28. The van der Waals surface area contributed by atoms with Crippen LogP contribution in [-0.2, 0) is 14.3 Å². The van der Waals surface area contributed by atoms with Crippen molar-refractivity contribution < 1.29 is 24.2 Å². The highest BCUT2D eigenvalue weighted by Gasteiger charge is 2.48. The van der Waals surface area contributed by atoms with Gasteiger partial charge in [0.2, 0.25) is 5.91 Å². The molecule has 2 aromatic rings. The smallest absolute Gasteiger partial charge is 0.407 e. The van der Waals surface area contributed by atoms with Gasteiger partial charge in [-0.3, -0.25) is 9.59 Å². The summed E-state index contributed by atoms with van der Waals surface area (Å²) in [7, 11) is 0. The largest absolute Gasteiger partial charge is 0.481 e. The first-order chi connectivity index (χ1) is 16.0. The Kier molecular flexibility index (Phi) is 6.14. The molecular formula is C27H32N2O5. The summed E-state index contributed by atoms with van der Waals surface area (Å²) in [6.45, 7) is 7.82. The van der Waals surface area contributed by atoms with E-state index in [9.17, 15) is 19.5 Å². The summed E-state index contributed by atoms with van der Waals surface area (Å²) in [4.78, 5) is 38.8. The number of carbonyl (C=O) groups is 3. The second-order valence-corrected chi connectivity index (χ2v) is 10.4. The van der Waals surface area contributed by atoms with Crippen molar-refractivity contribution >= 4 is 18.0 Å². The van der Waals surface area contributed by atoms with Crippen LogP contribution < -0.4 is 5.32 Å². The zero-order valence-corrected chi connectivity index (χ0v) is 20.1. The average Bonchev–Trinajstić information content (AvgIpc) is 3.27. The first kappa shape index (κ1) is 23.8. The van der Waals surface area contributed by atoms with Gasteiger partial charge in [-0.2, -0.15) is 0 Å². The van der Waals surface area contributed by atoms with Gasteiger partial charge in [0.1, 0.15) is 6.61 Å². The van der Waals surface area contributed by atoms with E-state index < -0.39 is 23.0 Å².